The summed E-state index contributed by atoms with van der Waals surface area (Å²) in [4.78, 5) is 13.4. The van der Waals surface area contributed by atoms with Crippen LogP contribution in [-0.4, -0.2) is 86.2 Å². The van der Waals surface area contributed by atoms with Crippen molar-refractivity contribution in [3.8, 4) is 28.7 Å². The molecular weight excluding hydrogens is 468 g/mol. The highest BCUT2D eigenvalue weighted by Gasteiger charge is 2.45. The van der Waals surface area contributed by atoms with Crippen molar-refractivity contribution >= 4 is 21.9 Å². The second-order valence-electron chi connectivity index (χ2n) is 7.76. The number of methoxy groups -OCH3 is 4. The summed E-state index contributed by atoms with van der Waals surface area (Å²) in [5.74, 6) is 0.757. The van der Waals surface area contributed by atoms with Crippen LogP contribution in [0.1, 0.15) is 0 Å². The Morgan fingerprint density at radius 1 is 0.800 bits per heavy atom. The quantitative estimate of drug-likeness (QED) is 0.329. The summed E-state index contributed by atoms with van der Waals surface area (Å²) in [5.41, 5.74) is -0.171. The van der Waals surface area contributed by atoms with Crippen LogP contribution in [-0.2, 0) is 4.74 Å². The van der Waals surface area contributed by atoms with Gasteiger partial charge in [-0.1, -0.05) is 0 Å². The number of rotatable bonds is 7. The van der Waals surface area contributed by atoms with Crippen LogP contribution in [0.4, 0.5) is 0 Å². The normalized spacial score (nSPS) is 24.4. The Kier molecular flexibility index (Phi) is 6.92. The topological polar surface area (TPSA) is 167 Å². The summed E-state index contributed by atoms with van der Waals surface area (Å²) in [7, 11) is 5.58. The molecule has 3 aromatic rings. The molecule has 1 saturated heterocycles. The monoisotopic (exact) mass is 494 g/mol. The predicted molar refractivity (Wildman–Crippen MR) is 121 cm³/mol. The van der Waals surface area contributed by atoms with Gasteiger partial charge in [0.1, 0.15) is 41.0 Å². The first-order valence-electron chi connectivity index (χ1n) is 10.5. The van der Waals surface area contributed by atoms with Gasteiger partial charge in [-0.15, -0.1) is 0 Å². The lowest BCUT2D eigenvalue weighted by molar-refractivity contribution is -0.277. The molecule has 1 aromatic heterocycles. The number of ether oxygens (including phenoxy) is 6. The lowest BCUT2D eigenvalue weighted by Gasteiger charge is -2.39. The maximum absolute atomic E-state index is 13.4. The van der Waals surface area contributed by atoms with E-state index in [0.29, 0.717) is 0 Å². The van der Waals surface area contributed by atoms with Crippen molar-refractivity contribution in [3.05, 3.63) is 28.4 Å². The van der Waals surface area contributed by atoms with Crippen molar-refractivity contribution in [3.63, 3.8) is 0 Å². The van der Waals surface area contributed by atoms with Gasteiger partial charge in [-0.3, -0.25) is 4.79 Å². The molecule has 0 spiro atoms. The van der Waals surface area contributed by atoms with Crippen molar-refractivity contribution in [2.24, 2.45) is 0 Å². The predicted octanol–water partition coefficient (Wildman–Crippen LogP) is 0.159. The van der Waals surface area contributed by atoms with Crippen LogP contribution in [0, 0.1) is 0 Å². The van der Waals surface area contributed by atoms with Gasteiger partial charge in [0, 0.05) is 12.1 Å². The molecule has 0 unspecified atom stereocenters. The SMILES string of the molecule is COc1cc2c(=O)c3c(OC)c(OC)c(OC)cc3oc2cc1O[C@@H]1O[C@@H](CO)[C@@H](O)[C@@H](O)[C@H]1O. The first kappa shape index (κ1) is 24.8. The highest BCUT2D eigenvalue weighted by molar-refractivity contribution is 5.97. The number of fused-ring (bicyclic) bond motifs is 2. The lowest BCUT2D eigenvalue weighted by Crippen LogP contribution is -2.60. The molecule has 2 aromatic carbocycles. The minimum Gasteiger partial charge on any atom is -0.493 e. The van der Waals surface area contributed by atoms with E-state index >= 15 is 0 Å². The zero-order valence-corrected chi connectivity index (χ0v) is 19.4. The van der Waals surface area contributed by atoms with Crippen LogP contribution >= 0.6 is 0 Å². The molecule has 5 atom stereocenters. The molecule has 0 radical (unpaired) electrons. The average Bonchev–Trinajstić information content (AvgIpc) is 2.87. The fourth-order valence-electron chi connectivity index (χ4n) is 4.03. The van der Waals surface area contributed by atoms with Gasteiger partial charge >= 0.3 is 0 Å². The molecule has 1 aliphatic heterocycles. The van der Waals surface area contributed by atoms with Gasteiger partial charge < -0.3 is 53.3 Å². The maximum Gasteiger partial charge on any atom is 0.229 e. The summed E-state index contributed by atoms with van der Waals surface area (Å²) in [6.45, 7) is -0.617. The largest absolute Gasteiger partial charge is 0.493 e. The van der Waals surface area contributed by atoms with Crippen LogP contribution in [0.5, 0.6) is 28.7 Å². The van der Waals surface area contributed by atoms with Crippen LogP contribution in [0.3, 0.4) is 0 Å². The Morgan fingerprint density at radius 3 is 2.06 bits per heavy atom. The molecule has 4 N–H and O–H groups in total. The molecule has 1 aliphatic rings. The summed E-state index contributed by atoms with van der Waals surface area (Å²) >= 11 is 0. The summed E-state index contributed by atoms with van der Waals surface area (Å²) in [5, 5.41) is 40.0. The summed E-state index contributed by atoms with van der Waals surface area (Å²) in [6.07, 6.45) is -7.44. The van der Waals surface area contributed by atoms with Gasteiger partial charge in [-0.2, -0.15) is 0 Å². The third kappa shape index (κ3) is 4.09. The molecule has 190 valence electrons. The third-order valence-electron chi connectivity index (χ3n) is 5.84. The average molecular weight is 494 g/mol. The minimum atomic E-state index is -1.64. The molecule has 0 aliphatic carbocycles. The Balaban J connectivity index is 1.86. The van der Waals surface area contributed by atoms with Crippen molar-refractivity contribution in [1.29, 1.82) is 0 Å². The fraction of sp³-hybridized carbons (Fsp3) is 0.435. The highest BCUT2D eigenvalue weighted by atomic mass is 16.7. The molecule has 0 bridgehead atoms. The fourth-order valence-corrected chi connectivity index (χ4v) is 4.03. The smallest absolute Gasteiger partial charge is 0.229 e. The van der Waals surface area contributed by atoms with Crippen molar-refractivity contribution in [2.75, 3.05) is 35.0 Å². The third-order valence-corrected chi connectivity index (χ3v) is 5.84. The molecular formula is C23H26O12. The zero-order chi connectivity index (χ0) is 25.4. The van der Waals surface area contributed by atoms with Gasteiger partial charge in [-0.25, -0.2) is 0 Å². The molecule has 0 saturated carbocycles. The first-order chi connectivity index (χ1) is 16.8. The Bertz CT molecular complexity index is 1280. The van der Waals surface area contributed by atoms with Crippen LogP contribution in [0.15, 0.2) is 27.4 Å². The van der Waals surface area contributed by atoms with E-state index in [-0.39, 0.29) is 50.7 Å². The minimum absolute atomic E-state index is 0.0132. The maximum atomic E-state index is 13.4. The van der Waals surface area contributed by atoms with Crippen LogP contribution < -0.4 is 29.1 Å². The second-order valence-corrected chi connectivity index (χ2v) is 7.76. The Labute approximate surface area is 198 Å². The number of hydrogen-bond donors (Lipinski definition) is 4. The van der Waals surface area contributed by atoms with Crippen molar-refractivity contribution in [1.82, 2.24) is 0 Å². The van der Waals surface area contributed by atoms with E-state index < -0.39 is 42.7 Å². The molecule has 12 nitrogen and oxygen atoms in total. The van der Waals surface area contributed by atoms with Crippen LogP contribution in [0.25, 0.3) is 21.9 Å². The molecule has 35 heavy (non-hydrogen) atoms. The number of aliphatic hydroxyl groups is 4. The van der Waals surface area contributed by atoms with Gasteiger partial charge in [0.2, 0.25) is 17.5 Å². The highest BCUT2D eigenvalue weighted by Crippen LogP contribution is 2.43. The number of benzene rings is 2. The molecule has 1 fully saturated rings. The van der Waals surface area contributed by atoms with Crippen LogP contribution in [0.2, 0.25) is 0 Å². The van der Waals surface area contributed by atoms with Gasteiger partial charge in [0.05, 0.1) is 40.4 Å². The number of hydrogen-bond acceptors (Lipinski definition) is 12. The number of aliphatic hydroxyl groups excluding tert-OH is 4. The van der Waals surface area contributed by atoms with Gasteiger partial charge in [0.15, 0.2) is 23.0 Å². The van der Waals surface area contributed by atoms with Gasteiger partial charge in [0.25, 0.3) is 0 Å². The lowest BCUT2D eigenvalue weighted by atomic mass is 9.99. The Morgan fingerprint density at radius 2 is 1.46 bits per heavy atom. The summed E-state index contributed by atoms with van der Waals surface area (Å²) < 4.78 is 38.5. The molecule has 4 rings (SSSR count). The van der Waals surface area contributed by atoms with Gasteiger partial charge in [-0.05, 0) is 6.07 Å². The molecule has 12 heteroatoms. The standard InChI is InChI=1S/C23H26O12/c1-29-11-5-9-10(6-12(11)34-23-20(28)19(27)18(26)15(8-24)35-23)33-13-7-14(30-2)21(31-3)22(32-4)16(13)17(9)25/h5-7,15,18-20,23-24,26-28H,8H2,1-4H3/t15-,18+,19+,20+,23+/m0/s1. The van der Waals surface area contributed by atoms with E-state index in [0.717, 1.165) is 0 Å². The Hall–Kier alpha value is -3.29. The molecule has 2 heterocycles. The van der Waals surface area contributed by atoms with E-state index in [1.54, 1.807) is 0 Å². The van der Waals surface area contributed by atoms with Crippen molar-refractivity contribution < 1.29 is 53.3 Å². The van der Waals surface area contributed by atoms with E-state index in [1.807, 2.05) is 0 Å². The second kappa shape index (κ2) is 9.76. The van der Waals surface area contributed by atoms with E-state index in [4.69, 9.17) is 32.8 Å². The summed E-state index contributed by atoms with van der Waals surface area (Å²) in [6, 6.07) is 4.23. The van der Waals surface area contributed by atoms with E-state index in [2.05, 4.69) is 0 Å². The van der Waals surface area contributed by atoms with E-state index in [1.165, 1.54) is 46.6 Å². The zero-order valence-electron chi connectivity index (χ0n) is 19.4. The van der Waals surface area contributed by atoms with E-state index in [9.17, 15) is 25.2 Å². The first-order valence-corrected chi connectivity index (χ1v) is 10.5. The molecule has 0 amide bonds. The van der Waals surface area contributed by atoms with Crippen molar-refractivity contribution in [2.45, 2.75) is 30.7 Å².